The van der Waals surface area contributed by atoms with Gasteiger partial charge in [0.1, 0.15) is 5.82 Å². The van der Waals surface area contributed by atoms with E-state index in [4.69, 9.17) is 23.2 Å². The number of halogens is 3. The van der Waals surface area contributed by atoms with Gasteiger partial charge < -0.3 is 4.90 Å². The number of benzene rings is 1. The van der Waals surface area contributed by atoms with E-state index in [0.29, 0.717) is 47.5 Å². The highest BCUT2D eigenvalue weighted by molar-refractivity contribution is 7.90. The molecule has 0 bridgehead atoms. The molecule has 1 aromatic carbocycles. The van der Waals surface area contributed by atoms with Gasteiger partial charge in [0.25, 0.3) is 0 Å². The Hall–Kier alpha value is -1.61. The first kappa shape index (κ1) is 19.2. The van der Waals surface area contributed by atoms with Gasteiger partial charge in [-0.15, -0.1) is 0 Å². The van der Waals surface area contributed by atoms with Crippen LogP contribution in [-0.4, -0.2) is 43.9 Å². The first-order valence-electron chi connectivity index (χ1n) is 7.94. The van der Waals surface area contributed by atoms with Crippen LogP contribution >= 0.6 is 23.2 Å². The minimum Gasteiger partial charge on any atom is -0.368 e. The molecule has 0 radical (unpaired) electrons. The molecule has 0 atom stereocenters. The smallest absolute Gasteiger partial charge is 0.301 e. The summed E-state index contributed by atoms with van der Waals surface area (Å²) in [7, 11) is -3.74. The zero-order chi connectivity index (χ0) is 18.7. The molecular weight excluding hydrogens is 402 g/mol. The van der Waals surface area contributed by atoms with E-state index in [1.54, 1.807) is 0 Å². The second kappa shape index (κ2) is 7.96. The molecule has 3 rings (SSSR count). The molecule has 1 N–H and O–H groups in total. The normalized spacial score (nSPS) is 16.3. The van der Waals surface area contributed by atoms with Crippen LogP contribution < -0.4 is 9.62 Å². The van der Waals surface area contributed by atoms with E-state index in [2.05, 4.69) is 9.71 Å². The topological polar surface area (TPSA) is 65.5 Å². The number of rotatable bonds is 4. The Morgan fingerprint density at radius 1 is 1.00 bits per heavy atom. The van der Waals surface area contributed by atoms with Crippen molar-refractivity contribution >= 4 is 44.8 Å². The third-order valence-electron chi connectivity index (χ3n) is 4.03. The second-order valence-corrected chi connectivity index (χ2v) is 8.29. The predicted molar refractivity (Wildman–Crippen MR) is 102 cm³/mol. The van der Waals surface area contributed by atoms with Gasteiger partial charge in [-0.25, -0.2) is 4.39 Å². The Morgan fingerprint density at radius 3 is 2.31 bits per heavy atom. The van der Waals surface area contributed by atoms with Gasteiger partial charge in [0.15, 0.2) is 0 Å². The summed E-state index contributed by atoms with van der Waals surface area (Å²) in [6.45, 7) is 1.68. The summed E-state index contributed by atoms with van der Waals surface area (Å²) in [5.74, 6) is -0.426. The summed E-state index contributed by atoms with van der Waals surface area (Å²) in [6, 6.07) is 5.17. The SMILES string of the molecule is O=S(=O)(Nc1ccc(F)cc1)N1CCCN(c2c(Cl)cncc2Cl)CC1. The van der Waals surface area contributed by atoms with Gasteiger partial charge in [-0.3, -0.25) is 9.71 Å². The first-order chi connectivity index (χ1) is 12.4. The number of nitrogens with one attached hydrogen (secondary N) is 1. The van der Waals surface area contributed by atoms with E-state index >= 15 is 0 Å². The van der Waals surface area contributed by atoms with E-state index < -0.39 is 16.0 Å². The number of aromatic nitrogens is 1. The number of hydrogen-bond acceptors (Lipinski definition) is 4. The Labute approximate surface area is 161 Å². The molecule has 1 saturated heterocycles. The summed E-state index contributed by atoms with van der Waals surface area (Å²) in [6.07, 6.45) is 3.63. The van der Waals surface area contributed by atoms with Crippen LogP contribution in [0.15, 0.2) is 36.7 Å². The molecule has 140 valence electrons. The lowest BCUT2D eigenvalue weighted by molar-refractivity contribution is 0.437. The fraction of sp³-hybridized carbons (Fsp3) is 0.312. The summed E-state index contributed by atoms with van der Waals surface area (Å²) < 4.78 is 42.0. The van der Waals surface area contributed by atoms with Crippen LogP contribution in [0, 0.1) is 5.82 Å². The number of pyridine rings is 1. The highest BCUT2D eigenvalue weighted by atomic mass is 35.5. The van der Waals surface area contributed by atoms with Crippen LogP contribution in [0.4, 0.5) is 15.8 Å². The maximum Gasteiger partial charge on any atom is 0.301 e. The molecule has 0 spiro atoms. The average molecular weight is 419 g/mol. The lowest BCUT2D eigenvalue weighted by Gasteiger charge is -2.25. The van der Waals surface area contributed by atoms with E-state index in [0.717, 1.165) is 0 Å². The van der Waals surface area contributed by atoms with Gasteiger partial charge >= 0.3 is 10.2 Å². The standard InChI is InChI=1S/C16H17Cl2FN4O2S/c17-14-10-20-11-15(18)16(14)22-6-1-7-23(9-8-22)26(24,25)21-13-4-2-12(19)3-5-13/h2-5,10-11,21H,1,6-9H2. The van der Waals surface area contributed by atoms with Crippen molar-refractivity contribution in [3.63, 3.8) is 0 Å². The fourth-order valence-electron chi connectivity index (χ4n) is 2.80. The molecule has 6 nitrogen and oxygen atoms in total. The first-order valence-corrected chi connectivity index (χ1v) is 10.1. The lowest BCUT2D eigenvalue weighted by atomic mass is 10.3. The molecule has 0 unspecified atom stereocenters. The minimum atomic E-state index is -3.74. The Balaban J connectivity index is 1.72. The fourth-order valence-corrected chi connectivity index (χ4v) is 4.65. The van der Waals surface area contributed by atoms with E-state index in [1.165, 1.54) is 41.0 Å². The molecule has 0 saturated carbocycles. The van der Waals surface area contributed by atoms with Gasteiger partial charge in [-0.1, -0.05) is 23.2 Å². The molecule has 1 aliphatic rings. The molecular formula is C16H17Cl2FN4O2S. The van der Waals surface area contributed by atoms with Crippen molar-refractivity contribution in [2.75, 3.05) is 35.8 Å². The largest absolute Gasteiger partial charge is 0.368 e. The van der Waals surface area contributed by atoms with E-state index in [1.807, 2.05) is 4.90 Å². The number of hydrogen-bond donors (Lipinski definition) is 1. The van der Waals surface area contributed by atoms with Crippen LogP contribution in [0.25, 0.3) is 0 Å². The second-order valence-electron chi connectivity index (χ2n) is 5.81. The van der Waals surface area contributed by atoms with Crippen molar-refractivity contribution in [1.29, 1.82) is 0 Å². The highest BCUT2D eigenvalue weighted by Gasteiger charge is 2.26. The molecule has 2 heterocycles. The third-order valence-corrected chi connectivity index (χ3v) is 6.12. The lowest BCUT2D eigenvalue weighted by Crippen LogP contribution is -2.38. The highest BCUT2D eigenvalue weighted by Crippen LogP contribution is 2.33. The van der Waals surface area contributed by atoms with Gasteiger partial charge in [0, 0.05) is 44.3 Å². The van der Waals surface area contributed by atoms with Crippen molar-refractivity contribution < 1.29 is 12.8 Å². The summed E-state index contributed by atoms with van der Waals surface area (Å²) in [5.41, 5.74) is 0.974. The molecule has 10 heteroatoms. The monoisotopic (exact) mass is 418 g/mol. The number of anilines is 2. The molecule has 1 fully saturated rings. The summed E-state index contributed by atoms with van der Waals surface area (Å²) in [5, 5.41) is 0.858. The average Bonchev–Trinajstić information content (AvgIpc) is 2.83. The molecule has 0 amide bonds. The van der Waals surface area contributed by atoms with Crippen LogP contribution in [0.5, 0.6) is 0 Å². The molecule has 1 aliphatic heterocycles. The van der Waals surface area contributed by atoms with Crippen LogP contribution in [-0.2, 0) is 10.2 Å². The summed E-state index contributed by atoms with van der Waals surface area (Å²) in [4.78, 5) is 5.89. The van der Waals surface area contributed by atoms with Crippen LogP contribution in [0.1, 0.15) is 6.42 Å². The van der Waals surface area contributed by atoms with Gasteiger partial charge in [-0.05, 0) is 30.7 Å². The van der Waals surface area contributed by atoms with E-state index in [9.17, 15) is 12.8 Å². The van der Waals surface area contributed by atoms with Gasteiger partial charge in [0.05, 0.1) is 15.7 Å². The minimum absolute atomic E-state index is 0.269. The van der Waals surface area contributed by atoms with Crippen LogP contribution in [0.2, 0.25) is 10.0 Å². The van der Waals surface area contributed by atoms with Crippen molar-refractivity contribution in [3.05, 3.63) is 52.5 Å². The Bertz CT molecular complexity index is 860. The maximum absolute atomic E-state index is 13.0. The summed E-state index contributed by atoms with van der Waals surface area (Å²) >= 11 is 12.4. The maximum atomic E-state index is 13.0. The molecule has 26 heavy (non-hydrogen) atoms. The Morgan fingerprint density at radius 2 is 1.65 bits per heavy atom. The van der Waals surface area contributed by atoms with Crippen molar-refractivity contribution in [1.82, 2.24) is 9.29 Å². The Kier molecular flexibility index (Phi) is 5.86. The van der Waals surface area contributed by atoms with Crippen LogP contribution in [0.3, 0.4) is 0 Å². The molecule has 0 aliphatic carbocycles. The van der Waals surface area contributed by atoms with Crippen molar-refractivity contribution in [2.24, 2.45) is 0 Å². The quantitative estimate of drug-likeness (QED) is 0.825. The number of nitrogens with zero attached hydrogens (tertiary/aromatic N) is 3. The molecule has 2 aromatic rings. The van der Waals surface area contributed by atoms with Crippen molar-refractivity contribution in [2.45, 2.75) is 6.42 Å². The third kappa shape index (κ3) is 4.37. The van der Waals surface area contributed by atoms with Crippen molar-refractivity contribution in [3.8, 4) is 0 Å². The zero-order valence-corrected chi connectivity index (χ0v) is 16.0. The van der Waals surface area contributed by atoms with Gasteiger partial charge in [-0.2, -0.15) is 12.7 Å². The zero-order valence-electron chi connectivity index (χ0n) is 13.7. The predicted octanol–water partition coefficient (Wildman–Crippen LogP) is 3.40. The van der Waals surface area contributed by atoms with E-state index in [-0.39, 0.29) is 6.54 Å². The molecule has 1 aromatic heterocycles. The van der Waals surface area contributed by atoms with Gasteiger partial charge in [0.2, 0.25) is 0 Å².